The SMILES string of the molecule is CNC(=O)c1nn(CC2CCCCC2)c2c1C[C@@H](NC1CC1)CC2. The molecule has 4 rings (SSSR count). The van der Waals surface area contributed by atoms with Crippen molar-refractivity contribution in [1.29, 1.82) is 0 Å². The molecule has 1 heterocycles. The molecule has 0 aromatic carbocycles. The summed E-state index contributed by atoms with van der Waals surface area (Å²) in [6.45, 7) is 1.00. The van der Waals surface area contributed by atoms with Gasteiger partial charge in [-0.05, 0) is 50.9 Å². The van der Waals surface area contributed by atoms with Crippen molar-refractivity contribution in [3.8, 4) is 0 Å². The lowest BCUT2D eigenvalue weighted by Crippen LogP contribution is -2.37. The molecular weight excluding hydrogens is 300 g/mol. The highest BCUT2D eigenvalue weighted by atomic mass is 16.1. The molecule has 0 bridgehead atoms. The van der Waals surface area contributed by atoms with Crippen molar-refractivity contribution in [2.45, 2.75) is 82.8 Å². The molecule has 24 heavy (non-hydrogen) atoms. The Morgan fingerprint density at radius 2 is 1.92 bits per heavy atom. The third-order valence-corrected chi connectivity index (χ3v) is 5.99. The van der Waals surface area contributed by atoms with Gasteiger partial charge in [0.15, 0.2) is 5.69 Å². The average molecular weight is 330 g/mol. The van der Waals surface area contributed by atoms with Crippen LogP contribution in [0.4, 0.5) is 0 Å². The van der Waals surface area contributed by atoms with E-state index >= 15 is 0 Å². The van der Waals surface area contributed by atoms with Gasteiger partial charge in [-0.15, -0.1) is 0 Å². The largest absolute Gasteiger partial charge is 0.354 e. The second kappa shape index (κ2) is 6.87. The minimum Gasteiger partial charge on any atom is -0.354 e. The zero-order valence-corrected chi connectivity index (χ0v) is 14.8. The Labute approximate surface area is 144 Å². The minimum absolute atomic E-state index is 0.0271. The van der Waals surface area contributed by atoms with Crippen LogP contribution in [0.15, 0.2) is 0 Å². The monoisotopic (exact) mass is 330 g/mol. The predicted octanol–water partition coefficient (Wildman–Crippen LogP) is 2.43. The van der Waals surface area contributed by atoms with E-state index < -0.39 is 0 Å². The van der Waals surface area contributed by atoms with E-state index in [-0.39, 0.29) is 5.91 Å². The second-order valence-electron chi connectivity index (χ2n) is 7.92. The van der Waals surface area contributed by atoms with Gasteiger partial charge >= 0.3 is 0 Å². The Kier molecular flexibility index (Phi) is 4.61. The van der Waals surface area contributed by atoms with Crippen molar-refractivity contribution in [1.82, 2.24) is 20.4 Å². The van der Waals surface area contributed by atoms with Crippen LogP contribution in [-0.4, -0.2) is 34.8 Å². The molecule has 2 N–H and O–H groups in total. The molecule has 0 spiro atoms. The van der Waals surface area contributed by atoms with E-state index in [0.29, 0.717) is 11.7 Å². The number of carbonyl (C=O) groups is 1. The maximum atomic E-state index is 12.3. The van der Waals surface area contributed by atoms with Crippen LogP contribution in [0.25, 0.3) is 0 Å². The lowest BCUT2D eigenvalue weighted by Gasteiger charge is -2.26. The zero-order chi connectivity index (χ0) is 16.5. The normalized spacial score (nSPS) is 24.6. The van der Waals surface area contributed by atoms with Gasteiger partial charge in [0.1, 0.15) is 0 Å². The van der Waals surface area contributed by atoms with E-state index in [1.54, 1.807) is 7.05 Å². The van der Waals surface area contributed by atoms with Crippen molar-refractivity contribution in [2.24, 2.45) is 5.92 Å². The lowest BCUT2D eigenvalue weighted by atomic mass is 9.88. The molecule has 5 nitrogen and oxygen atoms in total. The second-order valence-corrected chi connectivity index (χ2v) is 7.92. The molecule has 3 aliphatic rings. The van der Waals surface area contributed by atoms with Gasteiger partial charge in [-0.3, -0.25) is 9.48 Å². The van der Waals surface area contributed by atoms with Crippen LogP contribution >= 0.6 is 0 Å². The number of fused-ring (bicyclic) bond motifs is 1. The van der Waals surface area contributed by atoms with E-state index in [1.807, 2.05) is 0 Å². The van der Waals surface area contributed by atoms with Gasteiger partial charge in [0.25, 0.3) is 5.91 Å². The molecular formula is C19H30N4O. The fourth-order valence-electron chi connectivity index (χ4n) is 4.48. The van der Waals surface area contributed by atoms with E-state index in [0.717, 1.165) is 31.3 Å². The summed E-state index contributed by atoms with van der Waals surface area (Å²) in [5.41, 5.74) is 3.20. The molecule has 5 heteroatoms. The summed E-state index contributed by atoms with van der Waals surface area (Å²) in [5.74, 6) is 0.711. The highest BCUT2D eigenvalue weighted by Crippen LogP contribution is 2.30. The third kappa shape index (κ3) is 3.37. The number of hydrogen-bond donors (Lipinski definition) is 2. The summed E-state index contributed by atoms with van der Waals surface area (Å²) in [6, 6.07) is 1.23. The maximum absolute atomic E-state index is 12.3. The Bertz CT molecular complexity index is 599. The highest BCUT2D eigenvalue weighted by molar-refractivity contribution is 5.93. The van der Waals surface area contributed by atoms with Crippen LogP contribution in [-0.2, 0) is 19.4 Å². The summed E-state index contributed by atoms with van der Waals surface area (Å²) in [5, 5.41) is 11.3. The maximum Gasteiger partial charge on any atom is 0.271 e. The Hall–Kier alpha value is -1.36. The lowest BCUT2D eigenvalue weighted by molar-refractivity contribution is 0.0956. The van der Waals surface area contributed by atoms with Crippen molar-refractivity contribution in [2.75, 3.05) is 7.05 Å². The van der Waals surface area contributed by atoms with E-state index in [1.165, 1.54) is 62.6 Å². The van der Waals surface area contributed by atoms with Crippen LogP contribution < -0.4 is 10.6 Å². The number of amides is 1. The van der Waals surface area contributed by atoms with Crippen LogP contribution in [0.5, 0.6) is 0 Å². The standard InChI is InChI=1S/C19H30N4O/c1-20-19(24)18-16-11-15(21-14-7-8-14)9-10-17(16)23(22-18)12-13-5-3-2-4-6-13/h13-15,21H,2-12H2,1H3,(H,20,24)/t15-/m0/s1. The van der Waals surface area contributed by atoms with E-state index in [4.69, 9.17) is 5.10 Å². The molecule has 1 atom stereocenters. The molecule has 0 aliphatic heterocycles. The third-order valence-electron chi connectivity index (χ3n) is 5.99. The zero-order valence-electron chi connectivity index (χ0n) is 14.8. The Balaban J connectivity index is 1.56. The van der Waals surface area contributed by atoms with Crippen molar-refractivity contribution < 1.29 is 4.79 Å². The molecule has 2 fully saturated rings. The predicted molar refractivity (Wildman–Crippen MR) is 94.2 cm³/mol. The van der Waals surface area contributed by atoms with Crippen LogP contribution in [0.3, 0.4) is 0 Å². The molecule has 2 saturated carbocycles. The molecule has 1 aromatic heterocycles. The number of rotatable bonds is 5. The summed E-state index contributed by atoms with van der Waals surface area (Å²) in [4.78, 5) is 12.3. The molecule has 0 saturated heterocycles. The summed E-state index contributed by atoms with van der Waals surface area (Å²) in [7, 11) is 1.71. The summed E-state index contributed by atoms with van der Waals surface area (Å²) in [6.07, 6.45) is 12.5. The van der Waals surface area contributed by atoms with Crippen molar-refractivity contribution >= 4 is 5.91 Å². The first-order valence-electron chi connectivity index (χ1n) is 9.81. The number of nitrogens with zero attached hydrogens (tertiary/aromatic N) is 2. The number of aromatic nitrogens is 2. The van der Waals surface area contributed by atoms with Gasteiger partial charge in [0, 0.05) is 36.9 Å². The van der Waals surface area contributed by atoms with Gasteiger partial charge in [-0.2, -0.15) is 5.10 Å². The molecule has 132 valence electrons. The van der Waals surface area contributed by atoms with Crippen LogP contribution in [0.2, 0.25) is 0 Å². The molecule has 3 aliphatic carbocycles. The first-order valence-corrected chi connectivity index (χ1v) is 9.81. The summed E-state index contributed by atoms with van der Waals surface area (Å²) < 4.78 is 2.18. The number of hydrogen-bond acceptors (Lipinski definition) is 3. The Morgan fingerprint density at radius 1 is 1.12 bits per heavy atom. The Morgan fingerprint density at radius 3 is 2.62 bits per heavy atom. The van der Waals surface area contributed by atoms with E-state index in [9.17, 15) is 4.79 Å². The smallest absolute Gasteiger partial charge is 0.271 e. The summed E-state index contributed by atoms with van der Waals surface area (Å²) >= 11 is 0. The highest BCUT2D eigenvalue weighted by Gasteiger charge is 2.32. The molecule has 0 unspecified atom stereocenters. The van der Waals surface area contributed by atoms with Crippen molar-refractivity contribution in [3.63, 3.8) is 0 Å². The van der Waals surface area contributed by atoms with Gasteiger partial charge in [0.05, 0.1) is 0 Å². The fourth-order valence-corrected chi connectivity index (χ4v) is 4.48. The average Bonchev–Trinajstić information content (AvgIpc) is 3.36. The van der Waals surface area contributed by atoms with Gasteiger partial charge < -0.3 is 10.6 Å². The van der Waals surface area contributed by atoms with Crippen LogP contribution in [0, 0.1) is 5.92 Å². The molecule has 1 aromatic rings. The van der Waals surface area contributed by atoms with Gasteiger partial charge in [-0.1, -0.05) is 19.3 Å². The van der Waals surface area contributed by atoms with Crippen molar-refractivity contribution in [3.05, 3.63) is 17.0 Å². The quantitative estimate of drug-likeness (QED) is 0.872. The van der Waals surface area contributed by atoms with Crippen LogP contribution in [0.1, 0.15) is 73.1 Å². The first-order chi connectivity index (χ1) is 11.7. The van der Waals surface area contributed by atoms with Gasteiger partial charge in [-0.25, -0.2) is 0 Å². The van der Waals surface area contributed by atoms with Gasteiger partial charge in [0.2, 0.25) is 0 Å². The molecule has 1 amide bonds. The topological polar surface area (TPSA) is 59.0 Å². The fraction of sp³-hybridized carbons (Fsp3) is 0.789. The van der Waals surface area contributed by atoms with E-state index in [2.05, 4.69) is 15.3 Å². The number of carbonyl (C=O) groups excluding carboxylic acids is 1. The minimum atomic E-state index is -0.0271. The first kappa shape index (κ1) is 16.1. The number of nitrogens with one attached hydrogen (secondary N) is 2. The molecule has 0 radical (unpaired) electrons.